The van der Waals surface area contributed by atoms with Crippen molar-refractivity contribution in [2.24, 2.45) is 5.92 Å². The molecule has 2 aliphatic rings. The lowest BCUT2D eigenvalue weighted by molar-refractivity contribution is -0.144. The van der Waals surface area contributed by atoms with Crippen molar-refractivity contribution in [1.82, 2.24) is 15.0 Å². The molecule has 0 N–H and O–H groups in total. The van der Waals surface area contributed by atoms with E-state index in [0.29, 0.717) is 30.7 Å². The predicted molar refractivity (Wildman–Crippen MR) is 108 cm³/mol. The van der Waals surface area contributed by atoms with E-state index in [-0.39, 0.29) is 12.0 Å². The molecular weight excluding hydrogens is 366 g/mol. The summed E-state index contributed by atoms with van der Waals surface area (Å²) in [5.74, 6) is 2.39. The van der Waals surface area contributed by atoms with E-state index in [9.17, 15) is 4.79 Å². The summed E-state index contributed by atoms with van der Waals surface area (Å²) in [4.78, 5) is 18.8. The molecule has 6 nitrogen and oxygen atoms in total. The van der Waals surface area contributed by atoms with E-state index >= 15 is 0 Å². The summed E-state index contributed by atoms with van der Waals surface area (Å²) >= 11 is 0. The summed E-state index contributed by atoms with van der Waals surface area (Å²) in [6, 6.07) is 17.4. The van der Waals surface area contributed by atoms with Crippen LogP contribution < -0.4 is 4.74 Å². The molecule has 3 aromatic rings. The SMILES string of the molecule is O=C(C1CCCC1)N1CC(Oc2ccc(-c3noc(-c4ccccc4)n3)cc2)C1. The Balaban J connectivity index is 1.17. The van der Waals surface area contributed by atoms with Gasteiger partial charge in [0.1, 0.15) is 11.9 Å². The fourth-order valence-corrected chi connectivity index (χ4v) is 4.04. The Labute approximate surface area is 169 Å². The van der Waals surface area contributed by atoms with Gasteiger partial charge < -0.3 is 14.2 Å². The van der Waals surface area contributed by atoms with E-state index in [1.807, 2.05) is 59.5 Å². The van der Waals surface area contributed by atoms with Crippen LogP contribution in [0.2, 0.25) is 0 Å². The Hall–Kier alpha value is -3.15. The molecule has 1 saturated heterocycles. The summed E-state index contributed by atoms with van der Waals surface area (Å²) in [7, 11) is 0. The largest absolute Gasteiger partial charge is 0.487 e. The molecule has 1 aromatic heterocycles. The van der Waals surface area contributed by atoms with Crippen LogP contribution in [0.15, 0.2) is 59.1 Å². The van der Waals surface area contributed by atoms with Crippen molar-refractivity contribution in [2.45, 2.75) is 31.8 Å². The van der Waals surface area contributed by atoms with Crippen molar-refractivity contribution in [2.75, 3.05) is 13.1 Å². The van der Waals surface area contributed by atoms with E-state index < -0.39 is 0 Å². The minimum absolute atomic E-state index is 0.0704. The molecule has 0 atom stereocenters. The minimum atomic E-state index is 0.0704. The van der Waals surface area contributed by atoms with Gasteiger partial charge in [0.05, 0.1) is 13.1 Å². The van der Waals surface area contributed by atoms with Crippen molar-refractivity contribution < 1.29 is 14.1 Å². The van der Waals surface area contributed by atoms with Crippen molar-refractivity contribution in [3.8, 4) is 28.6 Å². The van der Waals surface area contributed by atoms with E-state index in [2.05, 4.69) is 10.1 Å². The molecule has 1 aliphatic heterocycles. The van der Waals surface area contributed by atoms with Gasteiger partial charge in [0.15, 0.2) is 0 Å². The summed E-state index contributed by atoms with van der Waals surface area (Å²) in [6.07, 6.45) is 4.53. The quantitative estimate of drug-likeness (QED) is 0.655. The maximum atomic E-state index is 12.4. The number of aromatic nitrogens is 2. The molecule has 5 rings (SSSR count). The molecule has 0 radical (unpaired) electrons. The predicted octanol–water partition coefficient (Wildman–Crippen LogP) is 4.18. The third-order valence-corrected chi connectivity index (χ3v) is 5.73. The fraction of sp³-hybridized carbons (Fsp3) is 0.348. The van der Waals surface area contributed by atoms with Gasteiger partial charge in [-0.05, 0) is 49.2 Å². The molecule has 2 heterocycles. The number of likely N-dealkylation sites (tertiary alicyclic amines) is 1. The maximum absolute atomic E-state index is 12.4. The summed E-state index contributed by atoms with van der Waals surface area (Å²) < 4.78 is 11.4. The van der Waals surface area contributed by atoms with Gasteiger partial charge in [-0.1, -0.05) is 36.2 Å². The summed E-state index contributed by atoms with van der Waals surface area (Å²) in [5, 5.41) is 4.08. The summed E-state index contributed by atoms with van der Waals surface area (Å²) in [5.41, 5.74) is 1.77. The zero-order valence-electron chi connectivity index (χ0n) is 16.2. The van der Waals surface area contributed by atoms with Gasteiger partial charge in [-0.25, -0.2) is 0 Å². The van der Waals surface area contributed by atoms with Crippen LogP contribution in [0.5, 0.6) is 5.75 Å². The lowest BCUT2D eigenvalue weighted by atomic mass is 10.0. The van der Waals surface area contributed by atoms with Crippen LogP contribution >= 0.6 is 0 Å². The van der Waals surface area contributed by atoms with Crippen LogP contribution in [0.25, 0.3) is 22.8 Å². The Morgan fingerprint density at radius 3 is 2.41 bits per heavy atom. The van der Waals surface area contributed by atoms with Gasteiger partial charge in [-0.15, -0.1) is 0 Å². The molecule has 2 fully saturated rings. The van der Waals surface area contributed by atoms with Gasteiger partial charge >= 0.3 is 0 Å². The molecule has 0 unspecified atom stereocenters. The van der Waals surface area contributed by atoms with Crippen LogP contribution in [0, 0.1) is 5.92 Å². The average molecular weight is 389 g/mol. The topological polar surface area (TPSA) is 68.5 Å². The Morgan fingerprint density at radius 1 is 0.966 bits per heavy atom. The molecule has 1 amide bonds. The number of hydrogen-bond donors (Lipinski definition) is 0. The second kappa shape index (κ2) is 7.70. The normalized spacial score (nSPS) is 17.3. The second-order valence-electron chi connectivity index (χ2n) is 7.78. The van der Waals surface area contributed by atoms with Gasteiger partial charge in [0.25, 0.3) is 5.89 Å². The van der Waals surface area contributed by atoms with E-state index in [4.69, 9.17) is 9.26 Å². The lowest BCUT2D eigenvalue weighted by Crippen LogP contribution is -2.57. The van der Waals surface area contributed by atoms with E-state index in [0.717, 1.165) is 29.7 Å². The van der Waals surface area contributed by atoms with Gasteiger partial charge in [0, 0.05) is 17.0 Å². The highest BCUT2D eigenvalue weighted by Crippen LogP contribution is 2.29. The molecule has 0 bridgehead atoms. The van der Waals surface area contributed by atoms with Crippen LogP contribution in [0.3, 0.4) is 0 Å². The van der Waals surface area contributed by atoms with Crippen molar-refractivity contribution in [3.63, 3.8) is 0 Å². The fourth-order valence-electron chi connectivity index (χ4n) is 4.04. The Bertz CT molecular complexity index is 972. The third kappa shape index (κ3) is 3.75. The number of carbonyl (C=O) groups is 1. The molecular formula is C23H23N3O3. The number of ether oxygens (including phenoxy) is 1. The van der Waals surface area contributed by atoms with Gasteiger partial charge in [-0.3, -0.25) is 4.79 Å². The molecule has 0 spiro atoms. The number of nitrogens with zero attached hydrogens (tertiary/aromatic N) is 3. The Morgan fingerprint density at radius 2 is 1.69 bits per heavy atom. The van der Waals surface area contributed by atoms with Crippen LogP contribution in [0.4, 0.5) is 0 Å². The molecule has 29 heavy (non-hydrogen) atoms. The van der Waals surface area contributed by atoms with Gasteiger partial charge in [0.2, 0.25) is 11.7 Å². The van der Waals surface area contributed by atoms with E-state index in [1.54, 1.807) is 0 Å². The standard InChI is InChI=1S/C23H23N3O3/c27-23(18-8-4-5-9-18)26-14-20(15-26)28-19-12-10-16(11-13-19)21-24-22(29-25-21)17-6-2-1-3-7-17/h1-3,6-7,10-13,18,20H,4-5,8-9,14-15H2. The van der Waals surface area contributed by atoms with Crippen molar-refractivity contribution in [1.29, 1.82) is 0 Å². The van der Waals surface area contributed by atoms with Crippen LogP contribution in [0.1, 0.15) is 25.7 Å². The second-order valence-corrected chi connectivity index (χ2v) is 7.78. The lowest BCUT2D eigenvalue weighted by Gasteiger charge is -2.40. The zero-order chi connectivity index (χ0) is 19.6. The highest BCUT2D eigenvalue weighted by atomic mass is 16.5. The number of amides is 1. The molecule has 1 saturated carbocycles. The highest BCUT2D eigenvalue weighted by Gasteiger charge is 2.36. The first-order valence-electron chi connectivity index (χ1n) is 10.2. The first-order chi connectivity index (χ1) is 14.3. The average Bonchev–Trinajstić information content (AvgIpc) is 3.43. The maximum Gasteiger partial charge on any atom is 0.258 e. The monoisotopic (exact) mass is 389 g/mol. The number of hydrogen-bond acceptors (Lipinski definition) is 5. The van der Waals surface area contributed by atoms with E-state index in [1.165, 1.54) is 12.8 Å². The molecule has 6 heteroatoms. The van der Waals surface area contributed by atoms with Crippen LogP contribution in [-0.4, -0.2) is 40.1 Å². The Kier molecular flexibility index (Phi) is 4.76. The number of rotatable bonds is 5. The smallest absolute Gasteiger partial charge is 0.258 e. The summed E-state index contributed by atoms with van der Waals surface area (Å²) in [6.45, 7) is 1.37. The molecule has 1 aliphatic carbocycles. The minimum Gasteiger partial charge on any atom is -0.487 e. The molecule has 148 valence electrons. The third-order valence-electron chi connectivity index (χ3n) is 5.73. The first-order valence-corrected chi connectivity index (χ1v) is 10.2. The highest BCUT2D eigenvalue weighted by molar-refractivity contribution is 5.80. The number of carbonyl (C=O) groups excluding carboxylic acids is 1. The molecule has 2 aromatic carbocycles. The number of benzene rings is 2. The van der Waals surface area contributed by atoms with Gasteiger partial charge in [-0.2, -0.15) is 4.98 Å². The van der Waals surface area contributed by atoms with Crippen molar-refractivity contribution >= 4 is 5.91 Å². The van der Waals surface area contributed by atoms with Crippen LogP contribution in [-0.2, 0) is 4.79 Å². The van der Waals surface area contributed by atoms with Crippen molar-refractivity contribution in [3.05, 3.63) is 54.6 Å². The first kappa shape index (κ1) is 17.9. The zero-order valence-corrected chi connectivity index (χ0v) is 16.2.